The summed E-state index contributed by atoms with van der Waals surface area (Å²) in [5, 5.41) is 6.59. The van der Waals surface area contributed by atoms with Gasteiger partial charge >= 0.3 is 0 Å². The molecule has 1 saturated heterocycles. The molecule has 6 nitrogen and oxygen atoms in total. The first kappa shape index (κ1) is 20.4. The van der Waals surface area contributed by atoms with Crippen LogP contribution in [0.25, 0.3) is 11.3 Å². The zero-order chi connectivity index (χ0) is 18.5. The molecule has 28 heavy (non-hydrogen) atoms. The molecule has 1 aliphatic heterocycles. The van der Waals surface area contributed by atoms with Crippen molar-refractivity contribution in [2.45, 2.75) is 6.04 Å². The minimum atomic E-state index is 0. The van der Waals surface area contributed by atoms with Gasteiger partial charge in [0.15, 0.2) is 5.13 Å². The van der Waals surface area contributed by atoms with Gasteiger partial charge in [0.1, 0.15) is 18.1 Å². The van der Waals surface area contributed by atoms with E-state index in [1.807, 2.05) is 36.4 Å². The fraction of sp³-hybridized carbons (Fsp3) is 0.300. The lowest BCUT2D eigenvalue weighted by molar-refractivity contribution is 0.266. The summed E-state index contributed by atoms with van der Waals surface area (Å²) in [5.74, 6) is 1.64. The van der Waals surface area contributed by atoms with Crippen molar-refractivity contribution in [3.63, 3.8) is 0 Å². The standard InChI is InChI=1S/C20H22N4O2S.ClH/c1-25-17-6-4-15(5-7-17)19-14-27-20(23-19)24-10-9-22-11-16(24)13-26-18-3-2-8-21-12-18;/h2-8,12,14,16,22H,9-11,13H2,1H3;1H. The number of benzene rings is 1. The Morgan fingerprint density at radius 3 is 2.82 bits per heavy atom. The van der Waals surface area contributed by atoms with Gasteiger partial charge in [-0.1, -0.05) is 0 Å². The maximum Gasteiger partial charge on any atom is 0.186 e. The summed E-state index contributed by atoms with van der Waals surface area (Å²) in [5.41, 5.74) is 2.08. The number of aromatic nitrogens is 2. The Hall–Kier alpha value is -2.35. The molecule has 3 heterocycles. The lowest BCUT2D eigenvalue weighted by Crippen LogP contribution is -2.54. The van der Waals surface area contributed by atoms with E-state index in [0.717, 1.165) is 47.5 Å². The molecular formula is C20H23ClN4O2S. The number of nitrogens with one attached hydrogen (secondary N) is 1. The summed E-state index contributed by atoms with van der Waals surface area (Å²) >= 11 is 1.67. The Kier molecular flexibility index (Phi) is 7.08. The zero-order valence-corrected chi connectivity index (χ0v) is 17.2. The van der Waals surface area contributed by atoms with Crippen LogP contribution in [0.5, 0.6) is 11.5 Å². The average molecular weight is 419 g/mol. The molecule has 0 amide bonds. The number of methoxy groups -OCH3 is 1. The first-order valence-corrected chi connectivity index (χ1v) is 9.81. The first-order chi connectivity index (χ1) is 13.3. The number of hydrogen-bond acceptors (Lipinski definition) is 7. The van der Waals surface area contributed by atoms with Crippen molar-refractivity contribution in [1.29, 1.82) is 0 Å². The van der Waals surface area contributed by atoms with Crippen molar-refractivity contribution in [2.75, 3.05) is 38.3 Å². The quantitative estimate of drug-likeness (QED) is 0.661. The van der Waals surface area contributed by atoms with Gasteiger partial charge in [-0.2, -0.15) is 0 Å². The van der Waals surface area contributed by atoms with Crippen LogP contribution in [0, 0.1) is 0 Å². The van der Waals surface area contributed by atoms with Gasteiger partial charge in [0.25, 0.3) is 0 Å². The summed E-state index contributed by atoms with van der Waals surface area (Å²) in [6.07, 6.45) is 3.49. The van der Waals surface area contributed by atoms with Crippen LogP contribution in [-0.2, 0) is 0 Å². The van der Waals surface area contributed by atoms with E-state index < -0.39 is 0 Å². The monoisotopic (exact) mass is 418 g/mol. The predicted molar refractivity (Wildman–Crippen MR) is 115 cm³/mol. The summed E-state index contributed by atoms with van der Waals surface area (Å²) in [6.45, 7) is 3.32. The number of nitrogens with zero attached hydrogens (tertiary/aromatic N) is 3. The minimum Gasteiger partial charge on any atom is -0.497 e. The number of rotatable bonds is 6. The van der Waals surface area contributed by atoms with Crippen molar-refractivity contribution in [1.82, 2.24) is 15.3 Å². The molecule has 1 fully saturated rings. The van der Waals surface area contributed by atoms with Crippen molar-refractivity contribution in [3.05, 3.63) is 54.2 Å². The number of pyridine rings is 1. The first-order valence-electron chi connectivity index (χ1n) is 8.93. The summed E-state index contributed by atoms with van der Waals surface area (Å²) < 4.78 is 11.2. The van der Waals surface area contributed by atoms with Crippen molar-refractivity contribution in [3.8, 4) is 22.8 Å². The molecule has 0 saturated carbocycles. The van der Waals surface area contributed by atoms with Crippen LogP contribution in [0.15, 0.2) is 54.2 Å². The normalized spacial score (nSPS) is 16.3. The van der Waals surface area contributed by atoms with Gasteiger partial charge in [0.2, 0.25) is 0 Å². The van der Waals surface area contributed by atoms with E-state index in [-0.39, 0.29) is 18.4 Å². The van der Waals surface area contributed by atoms with Gasteiger partial charge in [-0.25, -0.2) is 4.98 Å². The second-order valence-electron chi connectivity index (χ2n) is 6.29. The van der Waals surface area contributed by atoms with Crippen LogP contribution in [0.3, 0.4) is 0 Å². The molecule has 1 N–H and O–H groups in total. The van der Waals surface area contributed by atoms with Crippen molar-refractivity contribution >= 4 is 28.9 Å². The lowest BCUT2D eigenvalue weighted by Gasteiger charge is -2.35. The van der Waals surface area contributed by atoms with Gasteiger partial charge in [0, 0.05) is 36.8 Å². The van der Waals surface area contributed by atoms with Crippen LogP contribution >= 0.6 is 23.7 Å². The van der Waals surface area contributed by atoms with Crippen molar-refractivity contribution in [2.24, 2.45) is 0 Å². The smallest absolute Gasteiger partial charge is 0.186 e. The highest BCUT2D eigenvalue weighted by molar-refractivity contribution is 7.14. The highest BCUT2D eigenvalue weighted by Gasteiger charge is 2.25. The topological polar surface area (TPSA) is 59.5 Å². The predicted octanol–water partition coefficient (Wildman–Crippen LogP) is 3.49. The molecule has 0 spiro atoms. The molecule has 0 bridgehead atoms. The van der Waals surface area contributed by atoms with Crippen LogP contribution in [0.1, 0.15) is 0 Å². The highest BCUT2D eigenvalue weighted by atomic mass is 35.5. The molecule has 3 aromatic rings. The van der Waals surface area contributed by atoms with Crippen LogP contribution in [-0.4, -0.2) is 49.4 Å². The maximum absolute atomic E-state index is 5.93. The SMILES string of the molecule is COc1ccc(-c2csc(N3CCNCC3COc3cccnc3)n2)cc1.Cl. The van der Waals surface area contributed by atoms with Gasteiger partial charge in [0.05, 0.1) is 25.0 Å². The van der Waals surface area contributed by atoms with Crippen LogP contribution in [0.4, 0.5) is 5.13 Å². The molecule has 2 aromatic heterocycles. The van der Waals surface area contributed by atoms with Gasteiger partial charge in [-0.15, -0.1) is 23.7 Å². The van der Waals surface area contributed by atoms with E-state index in [9.17, 15) is 0 Å². The van der Waals surface area contributed by atoms with E-state index >= 15 is 0 Å². The third-order valence-electron chi connectivity index (χ3n) is 4.55. The fourth-order valence-electron chi connectivity index (χ4n) is 3.08. The molecule has 1 unspecified atom stereocenters. The second-order valence-corrected chi connectivity index (χ2v) is 7.13. The van der Waals surface area contributed by atoms with Crippen LogP contribution < -0.4 is 19.7 Å². The van der Waals surface area contributed by atoms with Gasteiger partial charge < -0.3 is 19.7 Å². The fourth-order valence-corrected chi connectivity index (χ4v) is 4.01. The number of thiazole rings is 1. The molecular weight excluding hydrogens is 396 g/mol. The molecule has 148 valence electrons. The molecule has 4 rings (SSSR count). The third-order valence-corrected chi connectivity index (χ3v) is 5.43. The third kappa shape index (κ3) is 4.73. The van der Waals surface area contributed by atoms with Crippen molar-refractivity contribution < 1.29 is 9.47 Å². The Labute approximate surface area is 174 Å². The second kappa shape index (κ2) is 9.73. The molecule has 8 heteroatoms. The molecule has 0 aliphatic carbocycles. The highest BCUT2D eigenvalue weighted by Crippen LogP contribution is 2.30. The molecule has 1 atom stereocenters. The Morgan fingerprint density at radius 2 is 2.07 bits per heavy atom. The number of halogens is 1. The lowest BCUT2D eigenvalue weighted by atomic mass is 10.2. The minimum absolute atomic E-state index is 0. The zero-order valence-electron chi connectivity index (χ0n) is 15.6. The Balaban J connectivity index is 0.00000225. The number of ether oxygens (including phenoxy) is 2. The van der Waals surface area contributed by atoms with Crippen LogP contribution in [0.2, 0.25) is 0 Å². The Bertz CT molecular complexity index is 860. The van der Waals surface area contributed by atoms with E-state index in [1.165, 1.54) is 0 Å². The maximum atomic E-state index is 5.93. The summed E-state index contributed by atoms with van der Waals surface area (Å²) in [7, 11) is 1.67. The number of piperazine rings is 1. The number of anilines is 1. The number of hydrogen-bond donors (Lipinski definition) is 1. The Morgan fingerprint density at radius 1 is 1.21 bits per heavy atom. The van der Waals surface area contributed by atoms with E-state index in [1.54, 1.807) is 30.8 Å². The largest absolute Gasteiger partial charge is 0.497 e. The molecule has 1 aliphatic rings. The van der Waals surface area contributed by atoms with E-state index in [4.69, 9.17) is 14.5 Å². The summed E-state index contributed by atoms with van der Waals surface area (Å²) in [6, 6.07) is 12.0. The van der Waals surface area contributed by atoms with Gasteiger partial charge in [-0.05, 0) is 36.4 Å². The van der Waals surface area contributed by atoms with E-state index in [2.05, 4.69) is 20.6 Å². The summed E-state index contributed by atoms with van der Waals surface area (Å²) in [4.78, 5) is 11.3. The molecule has 0 radical (unpaired) electrons. The average Bonchev–Trinajstić information content (AvgIpc) is 3.23. The van der Waals surface area contributed by atoms with Gasteiger partial charge in [-0.3, -0.25) is 4.98 Å². The molecule has 1 aromatic carbocycles. The van der Waals surface area contributed by atoms with E-state index in [0.29, 0.717) is 6.61 Å².